The SMILES string of the molecule is N#Cc1nccnc1N1CCC(=O)CC1. The largest absolute Gasteiger partial charge is 0.353 e. The van der Waals surface area contributed by atoms with Crippen LogP contribution in [0.2, 0.25) is 0 Å². The molecule has 0 bridgehead atoms. The van der Waals surface area contributed by atoms with Crippen molar-refractivity contribution < 1.29 is 4.79 Å². The van der Waals surface area contributed by atoms with Crippen molar-refractivity contribution in [3.8, 4) is 6.07 Å². The number of piperidine rings is 1. The monoisotopic (exact) mass is 202 g/mol. The number of anilines is 1. The maximum atomic E-state index is 11.1. The number of rotatable bonds is 1. The zero-order valence-electron chi connectivity index (χ0n) is 8.18. The molecule has 1 aliphatic heterocycles. The van der Waals surface area contributed by atoms with E-state index in [1.54, 1.807) is 6.20 Å². The first-order valence-corrected chi connectivity index (χ1v) is 4.79. The fraction of sp³-hybridized carbons (Fsp3) is 0.400. The van der Waals surface area contributed by atoms with Gasteiger partial charge in [0.1, 0.15) is 11.9 Å². The maximum absolute atomic E-state index is 11.1. The quantitative estimate of drug-likeness (QED) is 0.663. The van der Waals surface area contributed by atoms with E-state index in [4.69, 9.17) is 5.26 Å². The zero-order valence-corrected chi connectivity index (χ0v) is 8.18. The molecule has 0 N–H and O–H groups in total. The van der Waals surface area contributed by atoms with Crippen molar-refractivity contribution >= 4 is 11.6 Å². The highest BCUT2D eigenvalue weighted by molar-refractivity contribution is 5.81. The summed E-state index contributed by atoms with van der Waals surface area (Å²) in [6.45, 7) is 1.26. The van der Waals surface area contributed by atoms with Crippen molar-refractivity contribution in [2.45, 2.75) is 12.8 Å². The number of hydrogen-bond donors (Lipinski definition) is 0. The molecule has 0 saturated carbocycles. The van der Waals surface area contributed by atoms with E-state index in [1.165, 1.54) is 6.20 Å². The highest BCUT2D eigenvalue weighted by Gasteiger charge is 2.19. The predicted octanol–water partition coefficient (Wildman–Crippen LogP) is 0.518. The molecule has 76 valence electrons. The summed E-state index contributed by atoms with van der Waals surface area (Å²) in [5.74, 6) is 0.862. The number of hydrogen-bond acceptors (Lipinski definition) is 5. The molecule has 2 rings (SSSR count). The zero-order chi connectivity index (χ0) is 10.7. The van der Waals surface area contributed by atoms with Crippen molar-refractivity contribution in [2.24, 2.45) is 0 Å². The molecule has 5 heteroatoms. The van der Waals surface area contributed by atoms with Gasteiger partial charge in [-0.05, 0) is 0 Å². The third-order valence-electron chi connectivity index (χ3n) is 2.41. The van der Waals surface area contributed by atoms with Crippen molar-refractivity contribution in [1.82, 2.24) is 9.97 Å². The second-order valence-corrected chi connectivity index (χ2v) is 3.37. The van der Waals surface area contributed by atoms with Crippen molar-refractivity contribution in [2.75, 3.05) is 18.0 Å². The Kier molecular flexibility index (Phi) is 2.59. The smallest absolute Gasteiger partial charge is 0.183 e. The van der Waals surface area contributed by atoms with Gasteiger partial charge in [-0.15, -0.1) is 0 Å². The van der Waals surface area contributed by atoms with Gasteiger partial charge in [-0.1, -0.05) is 0 Å². The van der Waals surface area contributed by atoms with E-state index in [0.29, 0.717) is 37.4 Å². The third-order valence-corrected chi connectivity index (χ3v) is 2.41. The summed E-state index contributed by atoms with van der Waals surface area (Å²) >= 11 is 0. The summed E-state index contributed by atoms with van der Waals surface area (Å²) in [6, 6.07) is 2.00. The van der Waals surface area contributed by atoms with Gasteiger partial charge in [-0.3, -0.25) is 4.79 Å². The first kappa shape index (κ1) is 9.59. The number of nitriles is 1. The molecule has 1 aliphatic rings. The molecule has 1 aromatic heterocycles. The Hall–Kier alpha value is -1.96. The molecule has 0 amide bonds. The summed E-state index contributed by atoms with van der Waals surface area (Å²) < 4.78 is 0. The summed E-state index contributed by atoms with van der Waals surface area (Å²) in [7, 11) is 0. The number of carbonyl (C=O) groups is 1. The average Bonchev–Trinajstić information content (AvgIpc) is 2.30. The van der Waals surface area contributed by atoms with Crippen LogP contribution in [0, 0.1) is 11.3 Å². The van der Waals surface area contributed by atoms with E-state index in [-0.39, 0.29) is 5.78 Å². The van der Waals surface area contributed by atoms with Crippen LogP contribution in [0.15, 0.2) is 12.4 Å². The number of carbonyl (C=O) groups excluding carboxylic acids is 1. The second kappa shape index (κ2) is 4.05. The van der Waals surface area contributed by atoms with Crippen molar-refractivity contribution in [1.29, 1.82) is 5.26 Å². The van der Waals surface area contributed by atoms with Gasteiger partial charge < -0.3 is 4.90 Å². The Morgan fingerprint density at radius 1 is 1.27 bits per heavy atom. The van der Waals surface area contributed by atoms with Crippen LogP contribution in [0.3, 0.4) is 0 Å². The van der Waals surface area contributed by atoms with E-state index in [1.807, 2.05) is 11.0 Å². The van der Waals surface area contributed by atoms with E-state index in [9.17, 15) is 4.79 Å². The minimum absolute atomic E-state index is 0.272. The highest BCUT2D eigenvalue weighted by atomic mass is 16.1. The lowest BCUT2D eigenvalue weighted by atomic mass is 10.1. The number of Topliss-reactive ketones (excluding diaryl/α,β-unsaturated/α-hetero) is 1. The van der Waals surface area contributed by atoms with E-state index >= 15 is 0 Å². The molecule has 0 atom stereocenters. The molecule has 5 nitrogen and oxygen atoms in total. The third kappa shape index (κ3) is 1.94. The minimum Gasteiger partial charge on any atom is -0.353 e. The molecule has 0 radical (unpaired) electrons. The fourth-order valence-electron chi connectivity index (χ4n) is 1.61. The molecule has 0 spiro atoms. The normalized spacial score (nSPS) is 16.2. The van der Waals surface area contributed by atoms with Crippen LogP contribution in [0.4, 0.5) is 5.82 Å². The van der Waals surface area contributed by atoms with Gasteiger partial charge in [-0.25, -0.2) is 9.97 Å². The molecular formula is C10H10N4O. The summed E-state index contributed by atoms with van der Waals surface area (Å²) in [5, 5.41) is 8.85. The molecule has 1 fully saturated rings. The lowest BCUT2D eigenvalue weighted by Gasteiger charge is -2.26. The van der Waals surface area contributed by atoms with Gasteiger partial charge in [-0.2, -0.15) is 5.26 Å². The summed E-state index contributed by atoms with van der Waals surface area (Å²) in [5.41, 5.74) is 0.326. The average molecular weight is 202 g/mol. The van der Waals surface area contributed by atoms with Crippen LogP contribution in [0.25, 0.3) is 0 Å². The Labute approximate surface area is 87.4 Å². The number of aromatic nitrogens is 2. The number of ketones is 1. The highest BCUT2D eigenvalue weighted by Crippen LogP contribution is 2.17. The van der Waals surface area contributed by atoms with E-state index in [0.717, 1.165) is 0 Å². The van der Waals surface area contributed by atoms with Crippen LogP contribution < -0.4 is 4.90 Å². The molecule has 1 saturated heterocycles. The molecule has 15 heavy (non-hydrogen) atoms. The van der Waals surface area contributed by atoms with Gasteiger partial charge >= 0.3 is 0 Å². The van der Waals surface area contributed by atoms with Crippen LogP contribution in [-0.2, 0) is 4.79 Å². The summed E-state index contributed by atoms with van der Waals surface area (Å²) in [4.78, 5) is 21.1. The Balaban J connectivity index is 2.23. The predicted molar refractivity (Wildman–Crippen MR) is 53.2 cm³/mol. The van der Waals surface area contributed by atoms with Crippen LogP contribution in [-0.4, -0.2) is 28.8 Å². The van der Waals surface area contributed by atoms with Gasteiger partial charge in [0, 0.05) is 38.3 Å². The summed E-state index contributed by atoms with van der Waals surface area (Å²) in [6.07, 6.45) is 4.12. The fourth-order valence-corrected chi connectivity index (χ4v) is 1.61. The lowest BCUT2D eigenvalue weighted by molar-refractivity contribution is -0.119. The topological polar surface area (TPSA) is 69.9 Å². The minimum atomic E-state index is 0.272. The first-order valence-electron chi connectivity index (χ1n) is 4.79. The van der Waals surface area contributed by atoms with Gasteiger partial charge in [0.25, 0.3) is 0 Å². The molecule has 1 aromatic rings. The molecule has 2 heterocycles. The molecule has 0 aromatic carbocycles. The van der Waals surface area contributed by atoms with E-state index < -0.39 is 0 Å². The van der Waals surface area contributed by atoms with Gasteiger partial charge in [0.15, 0.2) is 11.5 Å². The van der Waals surface area contributed by atoms with E-state index in [2.05, 4.69) is 9.97 Å². The molecular weight excluding hydrogens is 192 g/mol. The van der Waals surface area contributed by atoms with Crippen LogP contribution in [0.5, 0.6) is 0 Å². The molecule has 0 unspecified atom stereocenters. The standard InChI is InChI=1S/C10H10N4O/c11-7-9-10(13-4-3-12-9)14-5-1-8(15)2-6-14/h3-4H,1-2,5-6H2. The number of nitrogens with zero attached hydrogens (tertiary/aromatic N) is 4. The van der Waals surface area contributed by atoms with Crippen molar-refractivity contribution in [3.63, 3.8) is 0 Å². The Bertz CT molecular complexity index is 414. The molecule has 0 aliphatic carbocycles. The van der Waals surface area contributed by atoms with Crippen molar-refractivity contribution in [3.05, 3.63) is 18.1 Å². The maximum Gasteiger partial charge on any atom is 0.183 e. The van der Waals surface area contributed by atoms with Gasteiger partial charge in [0.05, 0.1) is 0 Å². The van der Waals surface area contributed by atoms with Crippen LogP contribution in [0.1, 0.15) is 18.5 Å². The van der Waals surface area contributed by atoms with Crippen LogP contribution >= 0.6 is 0 Å². The first-order chi connectivity index (χ1) is 7.31. The Morgan fingerprint density at radius 2 is 1.93 bits per heavy atom. The lowest BCUT2D eigenvalue weighted by Crippen LogP contribution is -2.35. The van der Waals surface area contributed by atoms with Gasteiger partial charge in [0.2, 0.25) is 0 Å². The Morgan fingerprint density at radius 3 is 2.60 bits per heavy atom. The second-order valence-electron chi connectivity index (χ2n) is 3.37.